The molecule has 4 N–H and O–H groups in total. The highest BCUT2D eigenvalue weighted by molar-refractivity contribution is 5.19. The van der Waals surface area contributed by atoms with Crippen LogP contribution in [0.3, 0.4) is 0 Å². The van der Waals surface area contributed by atoms with Crippen molar-refractivity contribution in [2.75, 3.05) is 0 Å². The molecular weight excluding hydrogens is 173 g/mol. The van der Waals surface area contributed by atoms with Crippen LogP contribution in [0.2, 0.25) is 0 Å². The summed E-state index contributed by atoms with van der Waals surface area (Å²) in [6, 6.07) is 7.50. The Hall–Kier alpha value is -1.75. The first-order chi connectivity index (χ1) is 6.45. The molecule has 0 aliphatic carbocycles. The largest absolute Gasteiger partial charge is 0.425 e. The van der Waals surface area contributed by atoms with E-state index in [1.165, 1.54) is 0 Å². The number of hydrogen-bond acceptors (Lipinski definition) is 2. The molecule has 0 atom stereocenters. The van der Waals surface area contributed by atoms with E-state index >= 15 is 0 Å². The highest BCUT2D eigenvalue weighted by atomic mass is 19.2. The van der Waals surface area contributed by atoms with Crippen molar-refractivity contribution in [1.82, 2.24) is 9.97 Å². The molecule has 0 aliphatic heterocycles. The molecule has 5 heteroatoms. The average molecular weight is 183 g/mol. The first-order valence-electron chi connectivity index (χ1n) is 3.61. The number of nitrogens with two attached hydrogens (primary N) is 1. The van der Waals surface area contributed by atoms with Gasteiger partial charge >= 0.3 is 0 Å². The Balaban J connectivity index is 0.000000396. The predicted molar refractivity (Wildman–Crippen MR) is 47.0 cm³/mol. The van der Waals surface area contributed by atoms with E-state index in [9.17, 15) is 0 Å². The number of hydrogen-bond donors (Lipinski definition) is 3. The molecule has 2 aromatic heterocycles. The number of halogens is 1. The summed E-state index contributed by atoms with van der Waals surface area (Å²) < 4.78 is 14.3. The molecule has 0 unspecified atom stereocenters. The van der Waals surface area contributed by atoms with Crippen LogP contribution in [0.25, 0.3) is 0 Å². The third kappa shape index (κ3) is 2.64. The average Bonchev–Trinajstić information content (AvgIpc) is 2.81. The number of ether oxygens (including phenoxy) is 1. The standard InChI is InChI=1S/C8H8N2O.FH2N/c1-3-7(9-5-1)11-8-4-2-6-10-8;1-2/h1-6,9-10H;2H2. The maximum atomic E-state index is 9.00. The van der Waals surface area contributed by atoms with Gasteiger partial charge in [-0.3, -0.25) is 0 Å². The summed E-state index contributed by atoms with van der Waals surface area (Å²) in [6.45, 7) is 0. The van der Waals surface area contributed by atoms with Gasteiger partial charge in [-0.2, -0.15) is 5.96 Å². The molecule has 0 aromatic carbocycles. The minimum Gasteiger partial charge on any atom is -0.425 e. The van der Waals surface area contributed by atoms with Gasteiger partial charge in [-0.05, 0) is 12.1 Å². The van der Waals surface area contributed by atoms with E-state index < -0.39 is 0 Å². The molecule has 2 rings (SSSR count). The minimum absolute atomic E-state index is 0.743. The first kappa shape index (κ1) is 9.34. The van der Waals surface area contributed by atoms with Crippen LogP contribution in [0.5, 0.6) is 11.8 Å². The Morgan fingerprint density at radius 2 is 1.46 bits per heavy atom. The van der Waals surface area contributed by atoms with Crippen molar-refractivity contribution in [3.05, 3.63) is 36.7 Å². The monoisotopic (exact) mass is 183 g/mol. The fourth-order valence-electron chi connectivity index (χ4n) is 0.873. The lowest BCUT2D eigenvalue weighted by Crippen LogP contribution is -1.81. The van der Waals surface area contributed by atoms with Crippen LogP contribution < -0.4 is 10.7 Å². The van der Waals surface area contributed by atoms with E-state index in [0.29, 0.717) is 0 Å². The van der Waals surface area contributed by atoms with Gasteiger partial charge in [0.2, 0.25) is 0 Å². The van der Waals surface area contributed by atoms with E-state index in [-0.39, 0.29) is 0 Å². The minimum atomic E-state index is 0.743. The summed E-state index contributed by atoms with van der Waals surface area (Å²) in [4.78, 5) is 5.87. The maximum absolute atomic E-state index is 9.00. The topological polar surface area (TPSA) is 66.8 Å². The fourth-order valence-corrected chi connectivity index (χ4v) is 0.873. The Morgan fingerprint density at radius 3 is 1.77 bits per heavy atom. The summed E-state index contributed by atoms with van der Waals surface area (Å²) in [5.41, 5.74) is 0. The Bertz CT molecular complexity index is 272. The molecule has 0 saturated heterocycles. The third-order valence-corrected chi connectivity index (χ3v) is 1.36. The van der Waals surface area contributed by atoms with Crippen LogP contribution >= 0.6 is 0 Å². The van der Waals surface area contributed by atoms with Crippen LogP contribution in [0, 0.1) is 0 Å². The van der Waals surface area contributed by atoms with Crippen molar-refractivity contribution in [1.29, 1.82) is 0 Å². The SMILES string of the molecule is NF.c1c[nH]c(Oc2ccc[nH]2)c1. The molecular formula is C8H10FN3O. The van der Waals surface area contributed by atoms with Gasteiger partial charge in [0.25, 0.3) is 0 Å². The molecule has 13 heavy (non-hydrogen) atoms. The van der Waals surface area contributed by atoms with Gasteiger partial charge in [0, 0.05) is 24.5 Å². The first-order valence-corrected chi connectivity index (χ1v) is 3.61. The molecule has 0 fully saturated rings. The van der Waals surface area contributed by atoms with Gasteiger partial charge in [-0.25, -0.2) is 0 Å². The zero-order chi connectivity index (χ0) is 9.52. The molecule has 0 spiro atoms. The highest BCUT2D eigenvalue weighted by Gasteiger charge is 1.94. The van der Waals surface area contributed by atoms with Crippen molar-refractivity contribution < 1.29 is 9.22 Å². The summed E-state index contributed by atoms with van der Waals surface area (Å²) in [6.07, 6.45) is 3.64. The number of nitrogens with one attached hydrogen (secondary N) is 2. The lowest BCUT2D eigenvalue weighted by Gasteiger charge is -1.96. The highest BCUT2D eigenvalue weighted by Crippen LogP contribution is 2.15. The second-order valence-electron chi connectivity index (χ2n) is 2.17. The molecule has 0 bridgehead atoms. The Morgan fingerprint density at radius 1 is 1.00 bits per heavy atom. The second kappa shape index (κ2) is 5.00. The maximum Gasteiger partial charge on any atom is 0.199 e. The molecule has 0 amide bonds. The number of H-pyrrole nitrogens is 2. The number of aromatic nitrogens is 2. The summed E-state index contributed by atoms with van der Waals surface area (Å²) in [5.74, 6) is 4.49. The lowest BCUT2D eigenvalue weighted by molar-refractivity contribution is 0.450. The summed E-state index contributed by atoms with van der Waals surface area (Å²) >= 11 is 0. The fraction of sp³-hybridized carbons (Fsp3) is 0. The van der Waals surface area contributed by atoms with Crippen LogP contribution in [0.4, 0.5) is 4.48 Å². The second-order valence-corrected chi connectivity index (χ2v) is 2.17. The molecule has 0 saturated carbocycles. The van der Waals surface area contributed by atoms with E-state index in [1.54, 1.807) is 0 Å². The van der Waals surface area contributed by atoms with Crippen LogP contribution in [-0.2, 0) is 0 Å². The van der Waals surface area contributed by atoms with Crippen LogP contribution in [0.1, 0.15) is 0 Å². The smallest absolute Gasteiger partial charge is 0.199 e. The van der Waals surface area contributed by atoms with Crippen LogP contribution in [0.15, 0.2) is 36.7 Å². The van der Waals surface area contributed by atoms with Crippen LogP contribution in [-0.4, -0.2) is 9.97 Å². The van der Waals surface area contributed by atoms with E-state index in [2.05, 4.69) is 15.9 Å². The predicted octanol–water partition coefficient (Wildman–Crippen LogP) is 1.96. The Labute approximate surface area is 74.5 Å². The van der Waals surface area contributed by atoms with Crippen molar-refractivity contribution >= 4 is 0 Å². The van der Waals surface area contributed by atoms with Gasteiger partial charge in [0.1, 0.15) is 0 Å². The van der Waals surface area contributed by atoms with E-state index in [4.69, 9.17) is 9.22 Å². The lowest BCUT2D eigenvalue weighted by atomic mass is 10.6. The molecule has 70 valence electrons. The van der Waals surface area contributed by atoms with Gasteiger partial charge < -0.3 is 14.7 Å². The van der Waals surface area contributed by atoms with Gasteiger partial charge in [0.15, 0.2) is 11.8 Å². The van der Waals surface area contributed by atoms with E-state index in [0.717, 1.165) is 11.8 Å². The number of aromatic amines is 2. The van der Waals surface area contributed by atoms with Crippen molar-refractivity contribution in [2.24, 2.45) is 5.96 Å². The summed E-state index contributed by atoms with van der Waals surface area (Å²) in [5, 5.41) is 0. The van der Waals surface area contributed by atoms with Gasteiger partial charge in [-0.15, -0.1) is 4.48 Å². The van der Waals surface area contributed by atoms with E-state index in [1.807, 2.05) is 36.7 Å². The zero-order valence-corrected chi connectivity index (χ0v) is 6.83. The van der Waals surface area contributed by atoms with Crippen molar-refractivity contribution in [3.8, 4) is 11.8 Å². The number of rotatable bonds is 2. The summed E-state index contributed by atoms with van der Waals surface area (Å²) in [7, 11) is 0. The van der Waals surface area contributed by atoms with Gasteiger partial charge in [-0.1, -0.05) is 0 Å². The molecule has 2 heterocycles. The van der Waals surface area contributed by atoms with Crippen molar-refractivity contribution in [3.63, 3.8) is 0 Å². The van der Waals surface area contributed by atoms with Crippen molar-refractivity contribution in [2.45, 2.75) is 0 Å². The normalized spacial score (nSPS) is 8.77. The molecule has 4 nitrogen and oxygen atoms in total. The quantitative estimate of drug-likeness (QED) is 0.623. The van der Waals surface area contributed by atoms with Gasteiger partial charge in [0.05, 0.1) is 0 Å². The molecule has 2 aromatic rings. The molecule has 0 aliphatic rings. The Kier molecular flexibility index (Phi) is 3.59. The molecule has 0 radical (unpaired) electrons. The zero-order valence-electron chi connectivity index (χ0n) is 6.83. The third-order valence-electron chi connectivity index (χ3n) is 1.36.